The first-order chi connectivity index (χ1) is 15.2. The fourth-order valence-electron chi connectivity index (χ4n) is 3.26. The number of anilines is 1. The highest BCUT2D eigenvalue weighted by Gasteiger charge is 2.22. The van der Waals surface area contributed by atoms with Crippen LogP contribution in [0.3, 0.4) is 0 Å². The number of aryl methyl sites for hydroxylation is 1. The Morgan fingerprint density at radius 3 is 2.53 bits per heavy atom. The predicted molar refractivity (Wildman–Crippen MR) is 122 cm³/mol. The second kappa shape index (κ2) is 11.0. The lowest BCUT2D eigenvalue weighted by Crippen LogP contribution is -2.30. The van der Waals surface area contributed by atoms with Gasteiger partial charge in [-0.1, -0.05) is 6.92 Å². The van der Waals surface area contributed by atoms with Gasteiger partial charge in [-0.2, -0.15) is 5.26 Å². The zero-order chi connectivity index (χ0) is 23.8. The van der Waals surface area contributed by atoms with Crippen LogP contribution in [0.2, 0.25) is 0 Å². The standard InChI is InChI=1S/C24H29N3O5/c1-7-10-27-15(2)11-18(16(27)3)12-19(14-25)24(29)32-17(4)23(28)26-21-13-20(30-5)8-9-22(21)31-6/h8-9,11-13,17H,7,10H2,1-6H3,(H,26,28)/b19-12+. The quantitative estimate of drug-likeness (QED) is 0.360. The van der Waals surface area contributed by atoms with Gasteiger partial charge in [-0.25, -0.2) is 4.79 Å². The fourth-order valence-corrected chi connectivity index (χ4v) is 3.26. The van der Waals surface area contributed by atoms with Gasteiger partial charge in [0.2, 0.25) is 0 Å². The summed E-state index contributed by atoms with van der Waals surface area (Å²) < 4.78 is 17.8. The van der Waals surface area contributed by atoms with Gasteiger partial charge in [-0.05, 0) is 57.0 Å². The molecule has 0 spiro atoms. The van der Waals surface area contributed by atoms with Crippen molar-refractivity contribution in [2.75, 3.05) is 19.5 Å². The molecule has 0 aliphatic rings. The second-order valence-corrected chi connectivity index (χ2v) is 7.25. The van der Waals surface area contributed by atoms with Crippen molar-refractivity contribution in [2.45, 2.75) is 46.8 Å². The molecule has 0 saturated carbocycles. The number of rotatable bonds is 9. The third-order valence-corrected chi connectivity index (χ3v) is 5.02. The average molecular weight is 440 g/mol. The summed E-state index contributed by atoms with van der Waals surface area (Å²) in [5.41, 5.74) is 2.96. The highest BCUT2D eigenvalue weighted by atomic mass is 16.5. The average Bonchev–Trinajstić information content (AvgIpc) is 3.04. The predicted octanol–water partition coefficient (Wildman–Crippen LogP) is 4.01. The van der Waals surface area contributed by atoms with E-state index >= 15 is 0 Å². The summed E-state index contributed by atoms with van der Waals surface area (Å²) in [5.74, 6) is -0.477. The van der Waals surface area contributed by atoms with Crippen LogP contribution in [0, 0.1) is 25.2 Å². The number of carbonyl (C=O) groups is 2. The molecular weight excluding hydrogens is 410 g/mol. The number of aromatic nitrogens is 1. The number of amides is 1. The first-order valence-corrected chi connectivity index (χ1v) is 10.3. The lowest BCUT2D eigenvalue weighted by Gasteiger charge is -2.15. The Kier molecular flexibility index (Phi) is 8.47. The molecule has 1 aromatic heterocycles. The van der Waals surface area contributed by atoms with E-state index in [0.717, 1.165) is 29.9 Å². The van der Waals surface area contributed by atoms with Crippen molar-refractivity contribution in [3.63, 3.8) is 0 Å². The number of nitrogens with zero attached hydrogens (tertiary/aromatic N) is 2. The third kappa shape index (κ3) is 5.70. The van der Waals surface area contributed by atoms with E-state index in [9.17, 15) is 14.9 Å². The molecule has 0 aliphatic heterocycles. The monoisotopic (exact) mass is 439 g/mol. The van der Waals surface area contributed by atoms with E-state index in [1.165, 1.54) is 27.2 Å². The minimum absolute atomic E-state index is 0.180. The molecule has 8 heteroatoms. The van der Waals surface area contributed by atoms with Gasteiger partial charge >= 0.3 is 5.97 Å². The molecule has 0 saturated heterocycles. The maximum absolute atomic E-state index is 12.6. The zero-order valence-corrected chi connectivity index (χ0v) is 19.3. The minimum atomic E-state index is -1.14. The molecule has 32 heavy (non-hydrogen) atoms. The molecule has 170 valence electrons. The van der Waals surface area contributed by atoms with Gasteiger partial charge in [0.25, 0.3) is 5.91 Å². The topological polar surface area (TPSA) is 103 Å². The second-order valence-electron chi connectivity index (χ2n) is 7.25. The molecule has 1 unspecified atom stereocenters. The Hall–Kier alpha value is -3.73. The van der Waals surface area contributed by atoms with E-state index < -0.39 is 18.0 Å². The van der Waals surface area contributed by atoms with Gasteiger partial charge in [-0.15, -0.1) is 0 Å². The SMILES string of the molecule is CCCn1c(C)cc(/C=C(\C#N)C(=O)OC(C)C(=O)Nc2cc(OC)ccc2OC)c1C. The van der Waals surface area contributed by atoms with Crippen LogP contribution in [0.4, 0.5) is 5.69 Å². The van der Waals surface area contributed by atoms with Gasteiger partial charge < -0.3 is 24.1 Å². The van der Waals surface area contributed by atoms with E-state index in [0.29, 0.717) is 17.2 Å². The van der Waals surface area contributed by atoms with Crippen LogP contribution in [0.15, 0.2) is 29.8 Å². The summed E-state index contributed by atoms with van der Waals surface area (Å²) in [6.45, 7) is 8.28. The Morgan fingerprint density at radius 2 is 1.94 bits per heavy atom. The lowest BCUT2D eigenvalue weighted by molar-refractivity contribution is -0.148. The van der Waals surface area contributed by atoms with Crippen LogP contribution < -0.4 is 14.8 Å². The maximum atomic E-state index is 12.6. The molecule has 1 N–H and O–H groups in total. The van der Waals surface area contributed by atoms with Crippen molar-refractivity contribution in [2.24, 2.45) is 0 Å². The molecule has 0 bridgehead atoms. The molecule has 8 nitrogen and oxygen atoms in total. The highest BCUT2D eigenvalue weighted by molar-refractivity contribution is 6.01. The molecule has 1 amide bonds. The van der Waals surface area contributed by atoms with Gasteiger partial charge in [0.05, 0.1) is 19.9 Å². The van der Waals surface area contributed by atoms with Crippen LogP contribution in [0.5, 0.6) is 11.5 Å². The van der Waals surface area contributed by atoms with Crippen molar-refractivity contribution in [3.05, 3.63) is 46.8 Å². The van der Waals surface area contributed by atoms with Crippen LogP contribution in [0.1, 0.15) is 37.2 Å². The summed E-state index contributed by atoms with van der Waals surface area (Å²) in [6.07, 6.45) is 1.33. The molecule has 0 aliphatic carbocycles. The molecule has 1 aromatic carbocycles. The Balaban J connectivity index is 2.15. The molecule has 1 heterocycles. The smallest absolute Gasteiger partial charge is 0.349 e. The molecule has 0 radical (unpaired) electrons. The summed E-state index contributed by atoms with van der Waals surface area (Å²) in [6, 6.07) is 8.73. The van der Waals surface area contributed by atoms with Crippen molar-refractivity contribution in [3.8, 4) is 17.6 Å². The third-order valence-electron chi connectivity index (χ3n) is 5.02. The normalized spacial score (nSPS) is 12.0. The lowest BCUT2D eigenvalue weighted by atomic mass is 10.1. The Bertz CT molecular complexity index is 1060. The number of benzene rings is 1. The number of methoxy groups -OCH3 is 2. The van der Waals surface area contributed by atoms with Crippen LogP contribution in [-0.2, 0) is 20.9 Å². The van der Waals surface area contributed by atoms with Gasteiger partial charge in [0, 0.05) is 24.0 Å². The van der Waals surface area contributed by atoms with Crippen molar-refractivity contribution in [1.29, 1.82) is 5.26 Å². The van der Waals surface area contributed by atoms with Crippen LogP contribution >= 0.6 is 0 Å². The van der Waals surface area contributed by atoms with Gasteiger partial charge in [-0.3, -0.25) is 4.79 Å². The maximum Gasteiger partial charge on any atom is 0.349 e. The van der Waals surface area contributed by atoms with E-state index in [1.54, 1.807) is 18.2 Å². The number of esters is 1. The Labute approximate surface area is 188 Å². The van der Waals surface area contributed by atoms with E-state index in [4.69, 9.17) is 14.2 Å². The van der Waals surface area contributed by atoms with E-state index in [-0.39, 0.29) is 5.57 Å². The van der Waals surface area contributed by atoms with Gasteiger partial charge in [0.15, 0.2) is 6.10 Å². The number of hydrogen-bond acceptors (Lipinski definition) is 6. The summed E-state index contributed by atoms with van der Waals surface area (Å²) in [7, 11) is 2.98. The van der Waals surface area contributed by atoms with Crippen LogP contribution in [-0.4, -0.2) is 36.8 Å². The number of ether oxygens (including phenoxy) is 3. The fraction of sp³-hybridized carbons (Fsp3) is 0.375. The summed E-state index contributed by atoms with van der Waals surface area (Å²) in [4.78, 5) is 25.1. The number of nitrogens with one attached hydrogen (secondary N) is 1. The number of nitriles is 1. The van der Waals surface area contributed by atoms with E-state index in [1.807, 2.05) is 26.0 Å². The van der Waals surface area contributed by atoms with Crippen LogP contribution in [0.25, 0.3) is 6.08 Å². The first kappa shape index (κ1) is 24.5. The van der Waals surface area contributed by atoms with Crippen molar-refractivity contribution in [1.82, 2.24) is 4.57 Å². The molecule has 2 aromatic rings. The zero-order valence-electron chi connectivity index (χ0n) is 19.3. The molecule has 1 atom stereocenters. The Morgan fingerprint density at radius 1 is 1.22 bits per heavy atom. The number of carbonyl (C=O) groups excluding carboxylic acids is 2. The van der Waals surface area contributed by atoms with Crippen molar-refractivity contribution >= 4 is 23.6 Å². The highest BCUT2D eigenvalue weighted by Crippen LogP contribution is 2.29. The largest absolute Gasteiger partial charge is 0.497 e. The van der Waals surface area contributed by atoms with E-state index in [2.05, 4.69) is 16.8 Å². The molecule has 0 fully saturated rings. The molecule has 2 rings (SSSR count). The summed E-state index contributed by atoms with van der Waals surface area (Å²) in [5, 5.41) is 12.1. The molecular formula is C24H29N3O5. The minimum Gasteiger partial charge on any atom is -0.497 e. The van der Waals surface area contributed by atoms with Gasteiger partial charge in [0.1, 0.15) is 23.1 Å². The number of hydrogen-bond donors (Lipinski definition) is 1. The van der Waals surface area contributed by atoms with Crippen molar-refractivity contribution < 1.29 is 23.8 Å². The summed E-state index contributed by atoms with van der Waals surface area (Å²) >= 11 is 0. The first-order valence-electron chi connectivity index (χ1n) is 10.3.